The summed E-state index contributed by atoms with van der Waals surface area (Å²) in [7, 11) is 0. The van der Waals surface area contributed by atoms with Crippen LogP contribution in [0.5, 0.6) is 0 Å². The molecule has 0 fully saturated rings. The second-order valence-corrected chi connectivity index (χ2v) is 3.78. The molecule has 1 N–H and O–H groups in total. The van der Waals surface area contributed by atoms with Gasteiger partial charge in [-0.15, -0.1) is 0 Å². The van der Waals surface area contributed by atoms with Crippen LogP contribution < -0.4 is 4.90 Å². The highest BCUT2D eigenvalue weighted by atomic mass is 16.4. The molecule has 0 aromatic carbocycles. The van der Waals surface area contributed by atoms with Crippen molar-refractivity contribution >= 4 is 17.9 Å². The predicted molar refractivity (Wildman–Crippen MR) is 68.2 cm³/mol. The lowest BCUT2D eigenvalue weighted by Crippen LogP contribution is -2.23. The molecule has 0 amide bonds. The van der Waals surface area contributed by atoms with Gasteiger partial charge in [0.2, 0.25) is 0 Å². The van der Waals surface area contributed by atoms with E-state index in [9.17, 15) is 4.79 Å². The number of rotatable bonds is 7. The molecule has 4 heteroatoms. The van der Waals surface area contributed by atoms with E-state index in [1.54, 1.807) is 6.07 Å². The average molecular weight is 237 g/mol. The van der Waals surface area contributed by atoms with E-state index in [1.165, 1.54) is 6.08 Å². The fraction of sp³-hybridized carbons (Fsp3) is 0.462. The third-order valence-corrected chi connectivity index (χ3v) is 2.48. The molecular formula is C13H19NO3. The van der Waals surface area contributed by atoms with E-state index < -0.39 is 5.97 Å². The highest BCUT2D eigenvalue weighted by Gasteiger charge is 2.07. The van der Waals surface area contributed by atoms with Crippen molar-refractivity contribution in [3.63, 3.8) is 0 Å². The largest absolute Gasteiger partial charge is 0.478 e. The van der Waals surface area contributed by atoms with Gasteiger partial charge in [0.05, 0.1) is 0 Å². The van der Waals surface area contributed by atoms with E-state index in [0.29, 0.717) is 5.76 Å². The molecule has 17 heavy (non-hydrogen) atoms. The average Bonchev–Trinajstić information content (AvgIpc) is 2.76. The Morgan fingerprint density at radius 1 is 1.47 bits per heavy atom. The number of carbonyl (C=O) groups is 1. The Bertz CT molecular complexity index is 382. The first-order chi connectivity index (χ1) is 8.17. The van der Waals surface area contributed by atoms with Gasteiger partial charge < -0.3 is 14.4 Å². The summed E-state index contributed by atoms with van der Waals surface area (Å²) >= 11 is 0. The zero-order valence-electron chi connectivity index (χ0n) is 10.3. The van der Waals surface area contributed by atoms with Crippen molar-refractivity contribution in [1.82, 2.24) is 0 Å². The van der Waals surface area contributed by atoms with Gasteiger partial charge in [-0.25, -0.2) is 4.79 Å². The van der Waals surface area contributed by atoms with E-state index in [2.05, 4.69) is 18.7 Å². The molecule has 1 heterocycles. The van der Waals surface area contributed by atoms with E-state index in [0.717, 1.165) is 37.9 Å². The molecule has 1 aromatic heterocycles. The van der Waals surface area contributed by atoms with Crippen LogP contribution >= 0.6 is 0 Å². The molecule has 0 radical (unpaired) electrons. The molecule has 1 aromatic rings. The minimum absolute atomic E-state index is 0.567. The van der Waals surface area contributed by atoms with Crippen molar-refractivity contribution in [3.05, 3.63) is 24.0 Å². The zero-order chi connectivity index (χ0) is 12.7. The number of hydrogen-bond acceptors (Lipinski definition) is 3. The maximum absolute atomic E-state index is 10.4. The minimum Gasteiger partial charge on any atom is -0.478 e. The van der Waals surface area contributed by atoms with Crippen molar-refractivity contribution in [2.24, 2.45) is 0 Å². The van der Waals surface area contributed by atoms with Crippen LogP contribution in [0, 0.1) is 0 Å². The second kappa shape index (κ2) is 6.78. The lowest BCUT2D eigenvalue weighted by molar-refractivity contribution is -0.131. The van der Waals surface area contributed by atoms with Crippen molar-refractivity contribution in [2.75, 3.05) is 18.0 Å². The summed E-state index contributed by atoms with van der Waals surface area (Å²) in [4.78, 5) is 12.5. The Kier molecular flexibility index (Phi) is 5.33. The van der Waals surface area contributed by atoms with Crippen LogP contribution in [-0.4, -0.2) is 24.2 Å². The molecule has 0 spiro atoms. The van der Waals surface area contributed by atoms with Gasteiger partial charge in [0.15, 0.2) is 5.88 Å². The van der Waals surface area contributed by atoms with Crippen molar-refractivity contribution in [3.8, 4) is 0 Å². The van der Waals surface area contributed by atoms with Gasteiger partial charge in [0, 0.05) is 25.2 Å². The van der Waals surface area contributed by atoms with Crippen LogP contribution in [0.2, 0.25) is 0 Å². The summed E-state index contributed by atoms with van der Waals surface area (Å²) < 4.78 is 5.56. The summed E-state index contributed by atoms with van der Waals surface area (Å²) in [5.74, 6) is 0.393. The maximum Gasteiger partial charge on any atom is 0.328 e. The molecule has 0 saturated carbocycles. The van der Waals surface area contributed by atoms with Crippen molar-refractivity contribution < 1.29 is 14.3 Å². The lowest BCUT2D eigenvalue weighted by atomic mass is 10.3. The van der Waals surface area contributed by atoms with Crippen LogP contribution in [-0.2, 0) is 4.79 Å². The topological polar surface area (TPSA) is 53.7 Å². The Morgan fingerprint density at radius 2 is 2.24 bits per heavy atom. The first kappa shape index (κ1) is 13.4. The Balaban J connectivity index is 2.67. The predicted octanol–water partition coefficient (Wildman–Crippen LogP) is 3.00. The van der Waals surface area contributed by atoms with Crippen LogP contribution in [0.1, 0.15) is 32.4 Å². The normalized spacial score (nSPS) is 10.9. The number of nitrogens with zero attached hydrogens (tertiary/aromatic N) is 1. The molecule has 0 atom stereocenters. The Hall–Kier alpha value is -1.71. The maximum atomic E-state index is 10.4. The smallest absolute Gasteiger partial charge is 0.328 e. The monoisotopic (exact) mass is 237 g/mol. The van der Waals surface area contributed by atoms with Crippen LogP contribution in [0.15, 0.2) is 22.6 Å². The van der Waals surface area contributed by atoms with E-state index in [4.69, 9.17) is 9.52 Å². The van der Waals surface area contributed by atoms with Gasteiger partial charge >= 0.3 is 5.97 Å². The van der Waals surface area contributed by atoms with Gasteiger partial charge in [-0.1, -0.05) is 13.3 Å². The molecule has 94 valence electrons. The highest BCUT2D eigenvalue weighted by molar-refractivity contribution is 5.84. The van der Waals surface area contributed by atoms with E-state index >= 15 is 0 Å². The fourth-order valence-electron chi connectivity index (χ4n) is 1.53. The first-order valence-electron chi connectivity index (χ1n) is 5.93. The van der Waals surface area contributed by atoms with E-state index in [-0.39, 0.29) is 0 Å². The third kappa shape index (κ3) is 4.34. The summed E-state index contributed by atoms with van der Waals surface area (Å²) in [6.45, 7) is 6.07. The molecule has 0 aliphatic carbocycles. The molecule has 1 rings (SSSR count). The summed E-state index contributed by atoms with van der Waals surface area (Å²) in [5.41, 5.74) is 0. The molecule has 0 aliphatic heterocycles. The minimum atomic E-state index is -0.971. The third-order valence-electron chi connectivity index (χ3n) is 2.48. The molecule has 0 saturated heterocycles. The van der Waals surface area contributed by atoms with Crippen LogP contribution in [0.25, 0.3) is 6.08 Å². The zero-order valence-corrected chi connectivity index (χ0v) is 10.3. The number of carboxylic acid groups (broad SMARTS) is 1. The first-order valence-corrected chi connectivity index (χ1v) is 5.93. The van der Waals surface area contributed by atoms with E-state index in [1.807, 2.05) is 6.07 Å². The highest BCUT2D eigenvalue weighted by Crippen LogP contribution is 2.19. The van der Waals surface area contributed by atoms with Gasteiger partial charge in [-0.05, 0) is 25.5 Å². The number of hydrogen-bond donors (Lipinski definition) is 1. The number of aliphatic carboxylic acids is 1. The second-order valence-electron chi connectivity index (χ2n) is 3.78. The Morgan fingerprint density at radius 3 is 2.82 bits per heavy atom. The molecule has 4 nitrogen and oxygen atoms in total. The summed E-state index contributed by atoms with van der Waals surface area (Å²) in [6.07, 6.45) is 4.79. The van der Waals surface area contributed by atoms with Crippen molar-refractivity contribution in [2.45, 2.75) is 26.7 Å². The number of unbranched alkanes of at least 4 members (excludes halogenated alkanes) is 1. The van der Waals surface area contributed by atoms with Crippen LogP contribution in [0.3, 0.4) is 0 Å². The molecular weight excluding hydrogens is 218 g/mol. The fourth-order valence-corrected chi connectivity index (χ4v) is 1.53. The number of furan rings is 1. The molecule has 0 aliphatic rings. The quantitative estimate of drug-likeness (QED) is 0.741. The van der Waals surface area contributed by atoms with Crippen molar-refractivity contribution in [1.29, 1.82) is 0 Å². The SMILES string of the molecule is CCCCN(CC)c1ccc(/C=C/C(=O)O)o1. The number of carboxylic acids is 1. The van der Waals surface area contributed by atoms with Gasteiger partial charge in [-0.3, -0.25) is 0 Å². The Labute approximate surface area is 102 Å². The van der Waals surface area contributed by atoms with Gasteiger partial charge in [-0.2, -0.15) is 0 Å². The standard InChI is InChI=1S/C13H19NO3/c1-3-5-10-14(4-2)12-8-6-11(17-12)7-9-13(15)16/h6-9H,3-5,10H2,1-2H3,(H,15,16)/b9-7+. The number of anilines is 1. The molecule has 0 bridgehead atoms. The summed E-state index contributed by atoms with van der Waals surface area (Å²) in [5, 5.41) is 8.51. The summed E-state index contributed by atoms with van der Waals surface area (Å²) in [6, 6.07) is 3.66. The van der Waals surface area contributed by atoms with Crippen LogP contribution in [0.4, 0.5) is 5.88 Å². The molecule has 0 unspecified atom stereocenters. The lowest BCUT2D eigenvalue weighted by Gasteiger charge is -2.19. The van der Waals surface area contributed by atoms with Gasteiger partial charge in [0.25, 0.3) is 0 Å². The van der Waals surface area contributed by atoms with Gasteiger partial charge in [0.1, 0.15) is 5.76 Å².